The van der Waals surface area contributed by atoms with Crippen LogP contribution in [0.1, 0.15) is 41.6 Å². The van der Waals surface area contributed by atoms with Crippen LogP contribution in [-0.2, 0) is 6.42 Å². The summed E-state index contributed by atoms with van der Waals surface area (Å²) in [5.41, 5.74) is 3.08. The Morgan fingerprint density at radius 2 is 2.08 bits per heavy atom. The predicted molar refractivity (Wildman–Crippen MR) is 91.9 cm³/mol. The third kappa shape index (κ3) is 2.80. The smallest absolute Gasteiger partial charge is 0.251 e. The zero-order chi connectivity index (χ0) is 16.7. The Balaban J connectivity index is 1.38. The van der Waals surface area contributed by atoms with Crippen LogP contribution in [0.2, 0.25) is 0 Å². The summed E-state index contributed by atoms with van der Waals surface area (Å²) in [4.78, 5) is 12.5. The first-order valence-corrected chi connectivity index (χ1v) is 9.14. The molecule has 0 aromatic heterocycles. The number of anilines is 1. The van der Waals surface area contributed by atoms with Gasteiger partial charge in [0.15, 0.2) is 0 Å². The van der Waals surface area contributed by atoms with Gasteiger partial charge < -0.3 is 20.8 Å². The zero-order valence-corrected chi connectivity index (χ0v) is 13.9. The largest absolute Gasteiger partial charge is 0.390 e. The molecule has 1 heterocycles. The third-order valence-corrected chi connectivity index (χ3v) is 6.14. The van der Waals surface area contributed by atoms with Gasteiger partial charge in [-0.25, -0.2) is 0 Å². The molecule has 0 radical (unpaired) electrons. The van der Waals surface area contributed by atoms with E-state index in [0.717, 1.165) is 44.3 Å². The Morgan fingerprint density at radius 1 is 1.21 bits per heavy atom. The Labute approximate surface area is 142 Å². The van der Waals surface area contributed by atoms with Gasteiger partial charge in [-0.15, -0.1) is 0 Å². The van der Waals surface area contributed by atoms with Gasteiger partial charge in [0, 0.05) is 24.3 Å². The van der Waals surface area contributed by atoms with Crippen molar-refractivity contribution in [2.24, 2.45) is 17.8 Å². The Hall–Kier alpha value is -1.59. The van der Waals surface area contributed by atoms with Crippen LogP contribution >= 0.6 is 0 Å². The molecule has 2 fully saturated rings. The lowest BCUT2D eigenvalue weighted by Crippen LogP contribution is -2.41. The Bertz CT molecular complexity index is 631. The fraction of sp³-hybridized carbons (Fsp3) is 0.632. The van der Waals surface area contributed by atoms with Gasteiger partial charge in [0.25, 0.3) is 5.91 Å². The van der Waals surface area contributed by atoms with Gasteiger partial charge in [-0.05, 0) is 73.6 Å². The van der Waals surface area contributed by atoms with E-state index in [4.69, 9.17) is 0 Å². The number of nitrogens with one attached hydrogen (secondary N) is 2. The second-order valence-corrected chi connectivity index (χ2v) is 7.60. The molecule has 5 nitrogen and oxygen atoms in total. The Kier molecular flexibility index (Phi) is 4.22. The fourth-order valence-corrected chi connectivity index (χ4v) is 4.77. The quantitative estimate of drug-likeness (QED) is 0.678. The van der Waals surface area contributed by atoms with Gasteiger partial charge in [-0.3, -0.25) is 4.79 Å². The van der Waals surface area contributed by atoms with Gasteiger partial charge in [-0.2, -0.15) is 0 Å². The van der Waals surface area contributed by atoms with Gasteiger partial charge in [0.05, 0.1) is 12.2 Å². The van der Waals surface area contributed by atoms with E-state index in [2.05, 4.69) is 10.6 Å². The number of carbonyl (C=O) groups excluding carboxylic acids is 1. The molecule has 0 spiro atoms. The number of hydrogen-bond acceptors (Lipinski definition) is 4. The molecule has 1 aromatic rings. The van der Waals surface area contributed by atoms with Gasteiger partial charge in [-0.1, -0.05) is 0 Å². The van der Waals surface area contributed by atoms with Crippen LogP contribution in [0.15, 0.2) is 18.2 Å². The number of amides is 1. The summed E-state index contributed by atoms with van der Waals surface area (Å²) in [6.07, 6.45) is 3.92. The average Bonchev–Trinajstić information content (AvgIpc) is 3.02. The average molecular weight is 330 g/mol. The van der Waals surface area contributed by atoms with Crippen LogP contribution in [0.3, 0.4) is 0 Å². The maximum Gasteiger partial charge on any atom is 0.251 e. The molecule has 1 aromatic carbocycles. The molecule has 1 amide bonds. The maximum atomic E-state index is 12.5. The van der Waals surface area contributed by atoms with E-state index < -0.39 is 12.2 Å². The number of aliphatic hydroxyl groups is 2. The minimum Gasteiger partial charge on any atom is -0.390 e. The molecule has 5 atom stereocenters. The van der Waals surface area contributed by atoms with Gasteiger partial charge >= 0.3 is 0 Å². The number of rotatable bonds is 3. The van der Waals surface area contributed by atoms with E-state index >= 15 is 0 Å². The monoisotopic (exact) mass is 330 g/mol. The topological polar surface area (TPSA) is 81.6 Å². The van der Waals surface area contributed by atoms with E-state index in [1.807, 2.05) is 18.2 Å². The fourth-order valence-electron chi connectivity index (χ4n) is 4.77. The molecule has 3 aliphatic rings. The van der Waals surface area contributed by atoms with E-state index in [9.17, 15) is 15.0 Å². The highest BCUT2D eigenvalue weighted by Crippen LogP contribution is 2.48. The Morgan fingerprint density at radius 3 is 2.88 bits per heavy atom. The number of aliphatic hydroxyl groups excluding tert-OH is 2. The first-order chi connectivity index (χ1) is 11.6. The van der Waals surface area contributed by atoms with E-state index in [-0.39, 0.29) is 23.7 Å². The van der Waals surface area contributed by atoms with Crippen molar-refractivity contribution in [1.29, 1.82) is 0 Å². The zero-order valence-electron chi connectivity index (χ0n) is 13.9. The molecule has 2 saturated carbocycles. The summed E-state index contributed by atoms with van der Waals surface area (Å²) >= 11 is 0. The van der Waals surface area contributed by atoms with Crippen LogP contribution in [0.25, 0.3) is 0 Å². The SMILES string of the molecule is O=C(NC[C@H]1C[C@@H]2C[C@H]1[C@@H](O)[C@H]2O)c1ccc2c(c1)CCCCN2. The molecule has 0 saturated heterocycles. The van der Waals surface area contributed by atoms with E-state index in [1.165, 1.54) is 5.56 Å². The van der Waals surface area contributed by atoms with E-state index in [0.29, 0.717) is 12.1 Å². The van der Waals surface area contributed by atoms with Crippen molar-refractivity contribution in [3.05, 3.63) is 29.3 Å². The summed E-state index contributed by atoms with van der Waals surface area (Å²) in [5, 5.41) is 26.3. The number of hydrogen-bond donors (Lipinski definition) is 4. The molecule has 5 heteroatoms. The van der Waals surface area contributed by atoms with Crippen molar-refractivity contribution >= 4 is 11.6 Å². The summed E-state index contributed by atoms with van der Waals surface area (Å²) in [6, 6.07) is 5.89. The standard InChI is InChI=1S/C19H26N2O3/c22-17-13-8-14(15(9-13)18(17)23)10-21-19(24)12-4-5-16-11(7-12)3-1-2-6-20-16/h4-5,7,13-15,17-18,20,22-23H,1-3,6,8-10H2,(H,21,24)/t13-,14-,15-,17+,18-/m1/s1. The highest BCUT2D eigenvalue weighted by molar-refractivity contribution is 5.94. The number of carbonyl (C=O) groups is 1. The van der Waals surface area contributed by atoms with Crippen molar-refractivity contribution in [3.8, 4) is 0 Å². The minimum absolute atomic E-state index is 0.0418. The predicted octanol–water partition coefficient (Wildman–Crippen LogP) is 1.54. The van der Waals surface area contributed by atoms with Crippen molar-refractivity contribution in [1.82, 2.24) is 5.32 Å². The molecule has 2 bridgehead atoms. The van der Waals surface area contributed by atoms with E-state index in [1.54, 1.807) is 0 Å². The summed E-state index contributed by atoms with van der Waals surface area (Å²) in [5.74, 6) is 0.562. The lowest BCUT2D eigenvalue weighted by Gasteiger charge is -2.29. The van der Waals surface area contributed by atoms with Crippen LogP contribution in [0, 0.1) is 17.8 Å². The van der Waals surface area contributed by atoms with Crippen LogP contribution in [0.5, 0.6) is 0 Å². The third-order valence-electron chi connectivity index (χ3n) is 6.14. The highest BCUT2D eigenvalue weighted by atomic mass is 16.3. The maximum absolute atomic E-state index is 12.5. The van der Waals surface area contributed by atoms with Crippen LogP contribution in [0.4, 0.5) is 5.69 Å². The second kappa shape index (κ2) is 6.37. The molecule has 2 aliphatic carbocycles. The number of fused-ring (bicyclic) bond motifs is 3. The van der Waals surface area contributed by atoms with Crippen molar-refractivity contribution in [3.63, 3.8) is 0 Å². The number of aryl methyl sites for hydroxylation is 1. The molecule has 4 N–H and O–H groups in total. The molecule has 1 aliphatic heterocycles. The summed E-state index contributed by atoms with van der Waals surface area (Å²) < 4.78 is 0. The molecule has 24 heavy (non-hydrogen) atoms. The molecular weight excluding hydrogens is 304 g/mol. The molecule has 4 rings (SSSR count). The normalized spacial score (nSPS) is 34.3. The van der Waals surface area contributed by atoms with Crippen molar-refractivity contribution < 1.29 is 15.0 Å². The van der Waals surface area contributed by atoms with Crippen molar-refractivity contribution in [2.75, 3.05) is 18.4 Å². The first kappa shape index (κ1) is 15.9. The van der Waals surface area contributed by atoms with Crippen LogP contribution in [-0.4, -0.2) is 41.4 Å². The molecule has 0 unspecified atom stereocenters. The highest BCUT2D eigenvalue weighted by Gasteiger charge is 2.51. The molecule has 130 valence electrons. The minimum atomic E-state index is -0.621. The van der Waals surface area contributed by atoms with Gasteiger partial charge in [0.2, 0.25) is 0 Å². The van der Waals surface area contributed by atoms with Crippen LogP contribution < -0.4 is 10.6 Å². The lowest BCUT2D eigenvalue weighted by molar-refractivity contribution is -0.0332. The van der Waals surface area contributed by atoms with Gasteiger partial charge in [0.1, 0.15) is 0 Å². The first-order valence-electron chi connectivity index (χ1n) is 9.14. The second-order valence-electron chi connectivity index (χ2n) is 7.60. The summed E-state index contributed by atoms with van der Waals surface area (Å²) in [6.45, 7) is 1.58. The lowest BCUT2D eigenvalue weighted by atomic mass is 9.85. The molecular formula is C19H26N2O3. The van der Waals surface area contributed by atoms with Crippen molar-refractivity contribution in [2.45, 2.75) is 44.3 Å². The summed E-state index contributed by atoms with van der Waals surface area (Å²) in [7, 11) is 0. The number of benzene rings is 1.